The zero-order chi connectivity index (χ0) is 70.8. The zero-order valence-electron chi connectivity index (χ0n) is 57.2. The number of aliphatic carboxylic acids is 1. The molecule has 7 aromatic rings. The standard InChI is InChI=1S/C74H90N12O12S/c1-45(2)63(83-60(88)18-10-8-7-9-14-51(87)26-30-62(90)91)67(94)81-58(16-13-31-77-69(75)97)66(93)79-50-24-19-47(20-25-50)21-29-61(89)85(6)32-33-98-74-41-71(4)38-72(5,42-74)40-73(39-71,43-74)44-86-46(3)54(37-78-86)52-27-28-56(80-64(52)68(95)96)48-22-23-49-35-76-36-55(53(49)34-48)65(92)84-70-82-57-15-11-12-17-59(57)99-70/h11-12,15,17,19-20,22-25,27-28,34-37,45,58,63H,7-10,13-14,16,18,21,26,29-33,38-44H2,1-6H3,(H,79,93)(H,81,94)(H,83,88)(H,90,91)(H,95,96)(H3,75,77,97)(H,82,84,92)/t58?,63-,71?,72?,73?,74?/m0/s1. The number of aromatic carboxylic acids is 1. The van der Waals surface area contributed by atoms with Crippen LogP contribution in [-0.4, -0.2) is 138 Å². The van der Waals surface area contributed by atoms with Crippen molar-refractivity contribution in [1.29, 1.82) is 0 Å². The van der Waals surface area contributed by atoms with Gasteiger partial charge in [0.1, 0.15) is 17.9 Å². The minimum Gasteiger partial charge on any atom is -0.481 e. The van der Waals surface area contributed by atoms with Gasteiger partial charge < -0.3 is 46.9 Å². The van der Waals surface area contributed by atoms with E-state index in [1.165, 1.54) is 17.5 Å². The van der Waals surface area contributed by atoms with Gasteiger partial charge in [-0.05, 0) is 153 Å². The maximum Gasteiger partial charge on any atom is 0.355 e. The van der Waals surface area contributed by atoms with Crippen LogP contribution in [0.15, 0.2) is 97.5 Å². The number of primary amides is 1. The number of para-hydroxylation sites is 1. The van der Waals surface area contributed by atoms with Crippen molar-refractivity contribution in [3.63, 3.8) is 0 Å². The number of anilines is 2. The third-order valence-corrected chi connectivity index (χ3v) is 20.6. The number of fused-ring (bicyclic) bond motifs is 2. The molecule has 0 saturated heterocycles. The summed E-state index contributed by atoms with van der Waals surface area (Å²) in [6, 6.07) is 21.2. The number of pyridine rings is 2. The highest BCUT2D eigenvalue weighted by atomic mass is 32.1. The van der Waals surface area contributed by atoms with E-state index < -0.39 is 47.5 Å². The fourth-order valence-corrected chi connectivity index (χ4v) is 16.9. The molecule has 11 rings (SSSR count). The van der Waals surface area contributed by atoms with Gasteiger partial charge in [0.25, 0.3) is 5.91 Å². The first kappa shape index (κ1) is 72.3. The largest absolute Gasteiger partial charge is 0.481 e. The van der Waals surface area contributed by atoms with E-state index in [1.807, 2.05) is 66.2 Å². The number of ether oxygens (including phenoxy) is 1. The van der Waals surface area contributed by atoms with Gasteiger partial charge in [-0.25, -0.2) is 19.6 Å². The number of carbonyl (C=O) groups is 9. The first-order valence-corrected chi connectivity index (χ1v) is 35.0. The molecule has 0 spiro atoms. The number of likely N-dealkylation sites (N-methyl/N-ethyl adjacent to an activating group) is 1. The van der Waals surface area contributed by atoms with Gasteiger partial charge in [0.2, 0.25) is 23.6 Å². The van der Waals surface area contributed by atoms with E-state index in [9.17, 15) is 48.3 Å². The molecule has 0 aliphatic heterocycles. The summed E-state index contributed by atoms with van der Waals surface area (Å²) in [4.78, 5) is 130. The molecule has 99 heavy (non-hydrogen) atoms. The molecule has 4 heterocycles. The second kappa shape index (κ2) is 31.2. The topological polar surface area (TPSA) is 349 Å². The minimum absolute atomic E-state index is 0.00347. The average Bonchev–Trinajstić information content (AvgIpc) is 1.11. The number of nitrogens with two attached hydrogens (primary N) is 1. The lowest BCUT2D eigenvalue weighted by Gasteiger charge is -2.69. The number of carbonyl (C=O) groups excluding carboxylic acids is 7. The highest BCUT2D eigenvalue weighted by Gasteiger charge is 2.66. The second-order valence-electron chi connectivity index (χ2n) is 28.6. The van der Waals surface area contributed by atoms with Gasteiger partial charge >= 0.3 is 18.0 Å². The first-order valence-electron chi connectivity index (χ1n) is 34.2. The Morgan fingerprint density at radius 1 is 0.747 bits per heavy atom. The van der Waals surface area contributed by atoms with Crippen LogP contribution in [-0.2, 0) is 46.5 Å². The third-order valence-electron chi connectivity index (χ3n) is 19.6. The number of thiazole rings is 1. The molecule has 4 aliphatic rings. The van der Waals surface area contributed by atoms with Crippen LogP contribution in [0, 0.1) is 29.1 Å². The van der Waals surface area contributed by atoms with Gasteiger partial charge in [0.05, 0.1) is 46.3 Å². The summed E-state index contributed by atoms with van der Waals surface area (Å²) in [5.41, 5.74) is 10.1. The molecule has 4 fully saturated rings. The summed E-state index contributed by atoms with van der Waals surface area (Å²) in [5, 5.41) is 40.2. The Kier molecular flexibility index (Phi) is 22.7. The maximum atomic E-state index is 13.8. The SMILES string of the molecule is Cc1c(-c2ccc(-c3ccc4cncc(C(=O)Nc5nc6ccccc6s5)c4c3)nc2C(=O)O)cnn1CC12CC3(C)CC(C)(C1)CC(OCCN(C)C(=O)CCc1ccc(NC(=O)C(CCCNC(N)=O)NC(=O)[C@@H](NC(=O)CCCCCCC(=O)CCC(=O)O)C(C)C)cc1)(C3)C2. The van der Waals surface area contributed by atoms with E-state index >= 15 is 0 Å². The number of benzene rings is 3. The number of nitrogens with one attached hydrogen (secondary N) is 5. The lowest BCUT2D eigenvalue weighted by atomic mass is 9.39. The number of nitrogens with zero attached hydrogens (tertiary/aromatic N) is 6. The van der Waals surface area contributed by atoms with Crippen molar-refractivity contribution in [2.75, 3.05) is 37.4 Å². The number of carboxylic acid groups (broad SMARTS) is 2. The number of carboxylic acids is 2. The van der Waals surface area contributed by atoms with Crippen LogP contribution >= 0.6 is 11.3 Å². The summed E-state index contributed by atoms with van der Waals surface area (Å²) in [6.07, 6.45) is 14.6. The lowest BCUT2D eigenvalue weighted by Crippen LogP contribution is -2.64. The molecule has 24 nitrogen and oxygen atoms in total. The summed E-state index contributed by atoms with van der Waals surface area (Å²) >= 11 is 1.38. The van der Waals surface area contributed by atoms with Crippen LogP contribution in [0.25, 0.3) is 43.4 Å². The molecule has 524 valence electrons. The van der Waals surface area contributed by atoms with Crippen molar-refractivity contribution in [3.8, 4) is 22.4 Å². The quantitative estimate of drug-likeness (QED) is 0.0174. The van der Waals surface area contributed by atoms with Crippen molar-refractivity contribution < 1.29 is 58.1 Å². The number of urea groups is 1. The average molecular weight is 1370 g/mol. The van der Waals surface area contributed by atoms with Crippen LogP contribution in [0.3, 0.4) is 0 Å². The molecule has 9 N–H and O–H groups in total. The molecule has 4 saturated carbocycles. The van der Waals surface area contributed by atoms with E-state index in [0.29, 0.717) is 102 Å². The molecule has 4 bridgehead atoms. The van der Waals surface area contributed by atoms with E-state index in [2.05, 4.69) is 50.4 Å². The number of hydrogen-bond acceptors (Lipinski definition) is 15. The van der Waals surface area contributed by atoms with Crippen LogP contribution in [0.4, 0.5) is 15.6 Å². The predicted octanol–water partition coefficient (Wildman–Crippen LogP) is 11.0. The van der Waals surface area contributed by atoms with Gasteiger partial charge in [0, 0.05) is 98.2 Å². The summed E-state index contributed by atoms with van der Waals surface area (Å²) < 4.78 is 10.0. The van der Waals surface area contributed by atoms with E-state index in [1.54, 1.807) is 62.5 Å². The van der Waals surface area contributed by atoms with Gasteiger partial charge in [0.15, 0.2) is 10.8 Å². The molecule has 25 heteroatoms. The molecule has 4 atom stereocenters. The van der Waals surface area contributed by atoms with Gasteiger partial charge in [-0.15, -0.1) is 0 Å². The van der Waals surface area contributed by atoms with E-state index in [4.69, 9.17) is 25.7 Å². The zero-order valence-corrected chi connectivity index (χ0v) is 58.0. The summed E-state index contributed by atoms with van der Waals surface area (Å²) in [7, 11) is 1.79. The third kappa shape index (κ3) is 18.3. The molecular weight excluding hydrogens is 1280 g/mol. The Morgan fingerprint density at radius 2 is 1.48 bits per heavy atom. The number of hydrogen-bond donors (Lipinski definition) is 8. The van der Waals surface area contributed by atoms with E-state index in [-0.39, 0.29) is 96.4 Å². The summed E-state index contributed by atoms with van der Waals surface area (Å²) in [5.74, 6) is -4.42. The molecule has 4 aromatic heterocycles. The Morgan fingerprint density at radius 3 is 2.19 bits per heavy atom. The Labute approximate surface area is 579 Å². The smallest absolute Gasteiger partial charge is 0.355 e. The first-order chi connectivity index (χ1) is 47.2. The van der Waals surface area contributed by atoms with Gasteiger partial charge in [-0.3, -0.25) is 48.5 Å². The normalized spacial score (nSPS) is 19.7. The monoisotopic (exact) mass is 1370 g/mol. The molecule has 3 aromatic carbocycles. The number of rotatable bonds is 34. The fraction of sp³-hybridized carbons (Fsp3) is 0.473. The highest BCUT2D eigenvalue weighted by Crippen LogP contribution is 2.72. The van der Waals surface area contributed by atoms with Crippen LogP contribution < -0.4 is 32.3 Å². The van der Waals surface area contributed by atoms with E-state index in [0.717, 1.165) is 65.4 Å². The van der Waals surface area contributed by atoms with Crippen molar-refractivity contribution >= 4 is 96.4 Å². The Balaban J connectivity index is 0.715. The highest BCUT2D eigenvalue weighted by molar-refractivity contribution is 7.22. The van der Waals surface area contributed by atoms with Crippen LogP contribution in [0.2, 0.25) is 0 Å². The maximum absolute atomic E-state index is 13.8. The van der Waals surface area contributed by atoms with Crippen LogP contribution in [0.1, 0.15) is 169 Å². The number of amides is 7. The number of aryl methyl sites for hydroxylation is 1. The molecule has 7 amide bonds. The Bertz CT molecular complexity index is 4140. The minimum atomic E-state index is -1.18. The number of aromatic nitrogens is 5. The van der Waals surface area contributed by atoms with Gasteiger partial charge in [-0.1, -0.05) is 88.3 Å². The van der Waals surface area contributed by atoms with Crippen molar-refractivity contribution in [2.45, 2.75) is 174 Å². The van der Waals surface area contributed by atoms with Crippen LogP contribution in [0.5, 0.6) is 0 Å². The second-order valence-corrected chi connectivity index (χ2v) is 29.6. The lowest BCUT2D eigenvalue weighted by molar-refractivity contribution is -0.248. The molecule has 0 radical (unpaired) electrons. The molecule has 3 unspecified atom stereocenters. The van der Waals surface area contributed by atoms with Crippen molar-refractivity contribution in [1.82, 2.24) is 45.6 Å². The molecule has 4 aliphatic carbocycles. The van der Waals surface area contributed by atoms with Crippen molar-refractivity contribution in [2.24, 2.45) is 27.9 Å². The number of ketones is 1. The Hall–Kier alpha value is -9.49. The van der Waals surface area contributed by atoms with Crippen molar-refractivity contribution in [3.05, 3.63) is 120 Å². The molecular formula is C74H90N12O12S. The van der Waals surface area contributed by atoms with Gasteiger partial charge in [-0.2, -0.15) is 5.10 Å². The number of unbranched alkanes of at least 4 members (excludes halogenated alkanes) is 3. The fourth-order valence-electron chi connectivity index (χ4n) is 16.0. The predicted molar refractivity (Wildman–Crippen MR) is 377 cm³/mol. The summed E-state index contributed by atoms with van der Waals surface area (Å²) in [6.45, 7) is 11.9. The number of Topliss-reactive ketones (excluding diaryl/α,β-unsaturated/α-hetero) is 1.